The number of fused-ring (bicyclic) bond motifs is 1. The molecule has 192 valence electrons. The van der Waals surface area contributed by atoms with Crippen molar-refractivity contribution in [3.05, 3.63) is 41.1 Å². The first-order valence-electron chi connectivity index (χ1n) is 12.0. The first-order chi connectivity index (χ1) is 17.1. The van der Waals surface area contributed by atoms with Crippen molar-refractivity contribution in [3.63, 3.8) is 0 Å². The molecule has 0 aromatic carbocycles. The van der Waals surface area contributed by atoms with E-state index in [1.54, 1.807) is 24.2 Å². The average molecular weight is 514 g/mol. The second-order valence-corrected chi connectivity index (χ2v) is 10.3. The molecule has 1 fully saturated rings. The molecule has 0 saturated carbocycles. The van der Waals surface area contributed by atoms with Crippen LogP contribution in [-0.2, 0) is 4.74 Å². The molecule has 1 aliphatic rings. The molecule has 4 heterocycles. The molecule has 0 spiro atoms. The fourth-order valence-corrected chi connectivity index (χ4v) is 4.37. The van der Waals surface area contributed by atoms with Crippen molar-refractivity contribution in [1.82, 2.24) is 29.6 Å². The van der Waals surface area contributed by atoms with Crippen molar-refractivity contribution in [2.45, 2.75) is 46.1 Å². The summed E-state index contributed by atoms with van der Waals surface area (Å²) in [6.07, 6.45) is 4.90. The van der Waals surface area contributed by atoms with Crippen molar-refractivity contribution in [1.29, 1.82) is 0 Å². The van der Waals surface area contributed by atoms with E-state index >= 15 is 0 Å². The van der Waals surface area contributed by atoms with Gasteiger partial charge in [0.05, 0.1) is 11.4 Å². The molecular formula is C25H32ClN7O3. The van der Waals surface area contributed by atoms with Crippen LogP contribution >= 0.6 is 11.6 Å². The first-order valence-corrected chi connectivity index (χ1v) is 12.4. The van der Waals surface area contributed by atoms with E-state index in [0.29, 0.717) is 59.3 Å². The minimum Gasteiger partial charge on any atom is -0.444 e. The number of carbonyl (C=O) groups excluding carboxylic acids is 2. The number of amides is 2. The summed E-state index contributed by atoms with van der Waals surface area (Å²) in [7, 11) is 1.58. The van der Waals surface area contributed by atoms with Crippen LogP contribution in [0.1, 0.15) is 49.8 Å². The number of anilines is 1. The predicted molar refractivity (Wildman–Crippen MR) is 138 cm³/mol. The Morgan fingerprint density at radius 2 is 1.94 bits per heavy atom. The largest absolute Gasteiger partial charge is 0.444 e. The number of nitrogens with one attached hydrogen (secondary N) is 2. The normalized spacial score (nSPS) is 14.7. The second kappa shape index (κ2) is 10.3. The first kappa shape index (κ1) is 25.7. The zero-order valence-corrected chi connectivity index (χ0v) is 22.0. The number of aromatic nitrogens is 4. The number of hydrogen-bond acceptors (Lipinski definition) is 7. The van der Waals surface area contributed by atoms with Gasteiger partial charge in [-0.15, -0.1) is 0 Å². The van der Waals surface area contributed by atoms with Gasteiger partial charge >= 0.3 is 6.09 Å². The Bertz CT molecular complexity index is 1280. The highest BCUT2D eigenvalue weighted by Gasteiger charge is 2.27. The van der Waals surface area contributed by atoms with Gasteiger partial charge in [-0.25, -0.2) is 19.7 Å². The number of piperidine rings is 1. The number of halogens is 1. The number of carbonyl (C=O) groups is 2. The van der Waals surface area contributed by atoms with Crippen LogP contribution in [-0.4, -0.2) is 68.5 Å². The Labute approximate surface area is 215 Å². The maximum absolute atomic E-state index is 12.4. The lowest BCUT2D eigenvalue weighted by molar-refractivity contribution is 0.0188. The van der Waals surface area contributed by atoms with E-state index in [0.717, 1.165) is 18.4 Å². The molecule has 4 rings (SSSR count). The monoisotopic (exact) mass is 513 g/mol. The number of nitrogens with zero attached hydrogens (tertiary/aromatic N) is 5. The number of likely N-dealkylation sites (tertiary alicyclic amines) is 1. The molecule has 10 nitrogen and oxygen atoms in total. The molecule has 1 saturated heterocycles. The minimum atomic E-state index is -0.507. The van der Waals surface area contributed by atoms with E-state index < -0.39 is 5.60 Å². The van der Waals surface area contributed by atoms with Crippen LogP contribution < -0.4 is 10.6 Å². The molecule has 0 aliphatic carbocycles. The summed E-state index contributed by atoms with van der Waals surface area (Å²) >= 11 is 6.12. The third-order valence-electron chi connectivity index (χ3n) is 6.13. The predicted octanol–water partition coefficient (Wildman–Crippen LogP) is 4.17. The highest BCUT2D eigenvalue weighted by Crippen LogP contribution is 2.27. The number of pyridine rings is 1. The summed E-state index contributed by atoms with van der Waals surface area (Å²) in [5, 5.41) is 6.47. The van der Waals surface area contributed by atoms with Gasteiger partial charge in [-0.1, -0.05) is 11.6 Å². The SMILES string of the molecule is CNC(=O)c1nc2c(NCC3CCN(C(=O)OC(C)(C)C)CC3)nc(-c3ccnc(Cl)c3)cn2c1C. The molecule has 36 heavy (non-hydrogen) atoms. The Balaban J connectivity index is 1.56. The third-order valence-corrected chi connectivity index (χ3v) is 6.34. The van der Waals surface area contributed by atoms with Crippen molar-refractivity contribution in [2.24, 2.45) is 5.92 Å². The van der Waals surface area contributed by atoms with E-state index in [9.17, 15) is 9.59 Å². The van der Waals surface area contributed by atoms with Crippen LogP contribution in [0.3, 0.4) is 0 Å². The van der Waals surface area contributed by atoms with Crippen molar-refractivity contribution >= 4 is 35.1 Å². The Kier molecular flexibility index (Phi) is 7.35. The van der Waals surface area contributed by atoms with Gasteiger partial charge in [-0.3, -0.25) is 9.20 Å². The molecule has 2 amide bonds. The zero-order valence-electron chi connectivity index (χ0n) is 21.3. The van der Waals surface area contributed by atoms with E-state index in [-0.39, 0.29) is 12.0 Å². The standard InChI is InChI=1S/C25H32ClN7O3/c1-15-20(23(34)27-5)31-22-21(30-18(14-33(15)22)17-6-9-28-19(26)12-17)29-13-16-7-10-32(11-8-16)24(35)36-25(2,3)4/h6,9,12,14,16H,7-8,10-11,13H2,1-5H3,(H,27,34)(H,29,30). The lowest BCUT2D eigenvalue weighted by Gasteiger charge is -2.33. The van der Waals surface area contributed by atoms with E-state index in [2.05, 4.69) is 20.6 Å². The highest BCUT2D eigenvalue weighted by atomic mass is 35.5. The average Bonchev–Trinajstić information content (AvgIpc) is 3.17. The molecule has 0 atom stereocenters. The molecule has 3 aromatic heterocycles. The van der Waals surface area contributed by atoms with Gasteiger partial charge in [-0.05, 0) is 58.6 Å². The summed E-state index contributed by atoms with van der Waals surface area (Å²) in [6, 6.07) is 3.58. The van der Waals surface area contributed by atoms with Gasteiger partial charge in [-0.2, -0.15) is 0 Å². The van der Waals surface area contributed by atoms with Gasteiger partial charge in [0.15, 0.2) is 11.5 Å². The van der Waals surface area contributed by atoms with Crippen LogP contribution in [0.4, 0.5) is 10.6 Å². The molecule has 0 unspecified atom stereocenters. The van der Waals surface area contributed by atoms with Crippen LogP contribution in [0, 0.1) is 12.8 Å². The number of imidazole rings is 1. The lowest BCUT2D eigenvalue weighted by Crippen LogP contribution is -2.42. The third kappa shape index (κ3) is 5.70. The zero-order chi connectivity index (χ0) is 26.0. The van der Waals surface area contributed by atoms with Crippen LogP contribution in [0.2, 0.25) is 5.15 Å². The summed E-state index contributed by atoms with van der Waals surface area (Å²) in [5.41, 5.74) is 2.60. The molecule has 11 heteroatoms. The molecule has 0 radical (unpaired) electrons. The van der Waals surface area contributed by atoms with Crippen molar-refractivity contribution in [3.8, 4) is 11.3 Å². The highest BCUT2D eigenvalue weighted by molar-refractivity contribution is 6.29. The van der Waals surface area contributed by atoms with Crippen LogP contribution in [0.25, 0.3) is 16.9 Å². The number of ether oxygens (including phenoxy) is 1. The van der Waals surface area contributed by atoms with Gasteiger partial charge in [0.2, 0.25) is 0 Å². The van der Waals surface area contributed by atoms with E-state index in [1.807, 2.05) is 44.4 Å². The molecule has 0 bridgehead atoms. The lowest BCUT2D eigenvalue weighted by atomic mass is 9.97. The maximum Gasteiger partial charge on any atom is 0.410 e. The second-order valence-electron chi connectivity index (χ2n) is 9.95. The topological polar surface area (TPSA) is 114 Å². The van der Waals surface area contributed by atoms with E-state index in [1.165, 1.54) is 0 Å². The van der Waals surface area contributed by atoms with Gasteiger partial charge in [0.1, 0.15) is 16.4 Å². The smallest absolute Gasteiger partial charge is 0.410 e. The summed E-state index contributed by atoms with van der Waals surface area (Å²) < 4.78 is 7.37. The fourth-order valence-electron chi connectivity index (χ4n) is 4.20. The van der Waals surface area contributed by atoms with Gasteiger partial charge in [0.25, 0.3) is 5.91 Å². The number of aryl methyl sites for hydroxylation is 1. The Morgan fingerprint density at radius 1 is 1.22 bits per heavy atom. The quantitative estimate of drug-likeness (QED) is 0.492. The molecular weight excluding hydrogens is 482 g/mol. The number of rotatable bonds is 5. The van der Waals surface area contributed by atoms with Crippen molar-refractivity contribution < 1.29 is 14.3 Å². The Hall–Kier alpha value is -3.40. The van der Waals surface area contributed by atoms with E-state index in [4.69, 9.17) is 21.3 Å². The molecule has 2 N–H and O–H groups in total. The summed E-state index contributed by atoms with van der Waals surface area (Å²) in [5.74, 6) is 0.664. The summed E-state index contributed by atoms with van der Waals surface area (Å²) in [6.45, 7) is 9.41. The van der Waals surface area contributed by atoms with Gasteiger partial charge in [0, 0.05) is 44.6 Å². The molecule has 1 aliphatic heterocycles. The Morgan fingerprint density at radius 3 is 2.58 bits per heavy atom. The summed E-state index contributed by atoms with van der Waals surface area (Å²) in [4.78, 5) is 40.0. The van der Waals surface area contributed by atoms with Crippen molar-refractivity contribution in [2.75, 3.05) is 32.0 Å². The fraction of sp³-hybridized carbons (Fsp3) is 0.480. The maximum atomic E-state index is 12.4. The minimum absolute atomic E-state index is 0.259. The number of hydrogen-bond donors (Lipinski definition) is 2. The van der Waals surface area contributed by atoms with Crippen LogP contribution in [0.15, 0.2) is 24.5 Å². The van der Waals surface area contributed by atoms with Gasteiger partial charge < -0.3 is 20.3 Å². The molecule has 3 aromatic rings. The van der Waals surface area contributed by atoms with Crippen LogP contribution in [0.5, 0.6) is 0 Å².